The Morgan fingerprint density at radius 3 is 2.89 bits per heavy atom. The minimum Gasteiger partial charge on any atom is -0.610 e. The van der Waals surface area contributed by atoms with Crippen LogP contribution in [0.1, 0.15) is 10.6 Å². The molecule has 2 aromatic rings. The Bertz CT molecular complexity index is 571. The first-order valence-corrected chi connectivity index (χ1v) is 8.40. The van der Waals surface area contributed by atoms with Gasteiger partial charge in [0.1, 0.15) is 11.3 Å². The highest BCUT2D eigenvalue weighted by molar-refractivity contribution is 7.92. The zero-order valence-corrected chi connectivity index (χ0v) is 11.8. The smallest absolute Gasteiger partial charge is 0.321 e. The van der Waals surface area contributed by atoms with Gasteiger partial charge in [0.05, 0.1) is 4.90 Å². The third-order valence-electron chi connectivity index (χ3n) is 2.15. The van der Waals surface area contributed by atoms with Crippen LogP contribution in [-0.4, -0.2) is 29.8 Å². The first-order valence-electron chi connectivity index (χ1n) is 4.92. The van der Waals surface area contributed by atoms with Crippen LogP contribution in [0.15, 0.2) is 33.5 Å². The van der Waals surface area contributed by atoms with Crippen LogP contribution in [0.2, 0.25) is 0 Å². The summed E-state index contributed by atoms with van der Waals surface area (Å²) < 4.78 is 31.6. The molecule has 2 atom stereocenters. The molecule has 0 saturated heterocycles. The van der Waals surface area contributed by atoms with Crippen LogP contribution in [0.3, 0.4) is 0 Å². The van der Waals surface area contributed by atoms with Gasteiger partial charge in [0.25, 0.3) is 0 Å². The maximum Gasteiger partial charge on any atom is 0.321 e. The Morgan fingerprint density at radius 1 is 1.50 bits per heavy atom. The lowest BCUT2D eigenvalue weighted by Gasteiger charge is -1.99. The average Bonchev–Trinajstić information content (AvgIpc) is 2.78. The Labute approximate surface area is 114 Å². The summed E-state index contributed by atoms with van der Waals surface area (Å²) in [5, 5.41) is 8.51. The minimum absolute atomic E-state index is 0.358. The van der Waals surface area contributed by atoms with Crippen LogP contribution >= 0.6 is 11.3 Å². The van der Waals surface area contributed by atoms with Crippen molar-refractivity contribution in [1.29, 1.82) is 0 Å². The van der Waals surface area contributed by atoms with Crippen LogP contribution < -0.4 is 0 Å². The van der Waals surface area contributed by atoms with Crippen LogP contribution in [-0.2, 0) is 28.7 Å². The van der Waals surface area contributed by atoms with E-state index >= 15 is 0 Å². The highest BCUT2D eigenvalue weighted by atomic mass is 32.2. The predicted molar refractivity (Wildman–Crippen MR) is 70.5 cm³/mol. The van der Waals surface area contributed by atoms with Gasteiger partial charge in [0.15, 0.2) is 11.1 Å². The molecule has 1 aromatic carbocycles. The molecule has 0 aliphatic rings. The maximum absolute atomic E-state index is 11.2. The van der Waals surface area contributed by atoms with Gasteiger partial charge in [-0.05, 0) is 29.0 Å². The topological polar surface area (TPSA) is 86.1 Å². The van der Waals surface area contributed by atoms with Crippen molar-refractivity contribution >= 4 is 33.6 Å². The van der Waals surface area contributed by atoms with Crippen molar-refractivity contribution < 1.29 is 13.3 Å². The van der Waals surface area contributed by atoms with E-state index in [1.807, 2.05) is 6.07 Å². The first-order chi connectivity index (χ1) is 8.56. The molecule has 5 nitrogen and oxygen atoms in total. The number of benzene rings is 1. The summed E-state index contributed by atoms with van der Waals surface area (Å²) in [5.74, 6) is 0. The van der Waals surface area contributed by atoms with Gasteiger partial charge in [-0.2, -0.15) is 0 Å². The molecule has 0 spiro atoms. The van der Waals surface area contributed by atoms with E-state index < -0.39 is 22.3 Å². The summed E-state index contributed by atoms with van der Waals surface area (Å²) in [4.78, 5) is 0.358. The van der Waals surface area contributed by atoms with Crippen molar-refractivity contribution in [2.45, 2.75) is 15.7 Å². The van der Waals surface area contributed by atoms with Crippen molar-refractivity contribution in [3.8, 4) is 0 Å². The number of hydrogen-bond acceptors (Lipinski definition) is 5. The largest absolute Gasteiger partial charge is 0.610 e. The summed E-state index contributed by atoms with van der Waals surface area (Å²) in [6.45, 7) is 0. The molecule has 1 heterocycles. The van der Waals surface area contributed by atoms with Crippen LogP contribution in [0.4, 0.5) is 0 Å². The molecule has 0 radical (unpaired) electrons. The number of hydrogen-bond donors (Lipinski definition) is 1. The molecular formula is C10H10N2O3S3. The van der Waals surface area contributed by atoms with Crippen LogP contribution in [0, 0.1) is 0 Å². The van der Waals surface area contributed by atoms with Gasteiger partial charge in [-0.25, -0.2) is 4.21 Å². The fourth-order valence-electron chi connectivity index (χ4n) is 1.36. The van der Waals surface area contributed by atoms with Gasteiger partial charge in [0.2, 0.25) is 0 Å². The SMILES string of the molecule is C[S+]([O-])c1nnc(Cc2cccc(S(=O)O)c2)s1. The standard InChI is InChI=1S/C10H10N2O3S3/c1-17(13)10-12-11-9(16-10)6-7-3-2-4-8(5-7)18(14)15/h2-5H,6H2,1H3,(H,14,15). The molecule has 18 heavy (non-hydrogen) atoms. The van der Waals surface area contributed by atoms with E-state index in [1.54, 1.807) is 24.5 Å². The normalized spacial score (nSPS) is 14.4. The molecule has 0 amide bonds. The number of rotatable bonds is 4. The second-order valence-corrected chi connectivity index (χ2v) is 7.07. The van der Waals surface area contributed by atoms with Gasteiger partial charge >= 0.3 is 4.34 Å². The van der Waals surface area contributed by atoms with E-state index in [-0.39, 0.29) is 0 Å². The first kappa shape index (κ1) is 13.6. The van der Waals surface area contributed by atoms with Gasteiger partial charge in [-0.1, -0.05) is 17.2 Å². The van der Waals surface area contributed by atoms with E-state index in [4.69, 9.17) is 4.55 Å². The summed E-state index contributed by atoms with van der Waals surface area (Å²) in [7, 11) is 0. The quantitative estimate of drug-likeness (QED) is 0.682. The lowest BCUT2D eigenvalue weighted by molar-refractivity contribution is 0.564. The Kier molecular flexibility index (Phi) is 4.46. The molecule has 96 valence electrons. The van der Waals surface area contributed by atoms with E-state index in [0.29, 0.717) is 15.7 Å². The van der Waals surface area contributed by atoms with Gasteiger partial charge in [-0.15, -0.1) is 5.10 Å². The van der Waals surface area contributed by atoms with Gasteiger partial charge < -0.3 is 9.11 Å². The molecule has 0 saturated carbocycles. The van der Waals surface area contributed by atoms with Crippen LogP contribution in [0.5, 0.6) is 0 Å². The van der Waals surface area contributed by atoms with Gasteiger partial charge in [-0.3, -0.25) is 0 Å². The molecular weight excluding hydrogens is 292 g/mol. The zero-order valence-electron chi connectivity index (χ0n) is 9.40. The highest BCUT2D eigenvalue weighted by Crippen LogP contribution is 2.19. The molecule has 0 fully saturated rings. The molecule has 0 aliphatic carbocycles. The zero-order chi connectivity index (χ0) is 13.1. The summed E-state index contributed by atoms with van der Waals surface area (Å²) >= 11 is -1.81. The third-order valence-corrected chi connectivity index (χ3v) is 5.05. The Balaban J connectivity index is 2.17. The second kappa shape index (κ2) is 5.89. The fourth-order valence-corrected chi connectivity index (χ4v) is 3.33. The van der Waals surface area contributed by atoms with E-state index in [9.17, 15) is 8.76 Å². The molecule has 2 rings (SSSR count). The summed E-state index contributed by atoms with van der Waals surface area (Å²) in [5.41, 5.74) is 0.875. The Hall–Kier alpha value is -0.800. The third kappa shape index (κ3) is 3.36. The van der Waals surface area contributed by atoms with Gasteiger partial charge in [0, 0.05) is 17.6 Å². The Morgan fingerprint density at radius 2 is 2.28 bits per heavy atom. The number of nitrogens with zero attached hydrogens (tertiary/aromatic N) is 2. The lowest BCUT2D eigenvalue weighted by atomic mass is 10.2. The maximum atomic E-state index is 11.2. The van der Waals surface area contributed by atoms with Crippen molar-refractivity contribution in [1.82, 2.24) is 10.2 Å². The van der Waals surface area contributed by atoms with E-state index in [0.717, 1.165) is 10.6 Å². The van der Waals surface area contributed by atoms with Crippen molar-refractivity contribution in [2.75, 3.05) is 6.26 Å². The molecule has 1 N–H and O–H groups in total. The van der Waals surface area contributed by atoms with E-state index in [2.05, 4.69) is 10.2 Å². The average molecular weight is 302 g/mol. The van der Waals surface area contributed by atoms with Crippen molar-refractivity contribution in [3.63, 3.8) is 0 Å². The number of aromatic nitrogens is 2. The van der Waals surface area contributed by atoms with Crippen molar-refractivity contribution in [2.24, 2.45) is 0 Å². The predicted octanol–water partition coefficient (Wildman–Crippen LogP) is 1.45. The summed E-state index contributed by atoms with van der Waals surface area (Å²) in [6, 6.07) is 6.81. The lowest BCUT2D eigenvalue weighted by Crippen LogP contribution is -1.95. The molecule has 1 aromatic heterocycles. The molecule has 8 heteroatoms. The van der Waals surface area contributed by atoms with Crippen LogP contribution in [0.25, 0.3) is 0 Å². The molecule has 0 aliphatic heterocycles. The molecule has 2 unspecified atom stereocenters. The summed E-state index contributed by atoms with van der Waals surface area (Å²) in [6.07, 6.45) is 2.07. The van der Waals surface area contributed by atoms with E-state index in [1.165, 1.54) is 11.3 Å². The minimum atomic E-state index is -1.98. The second-order valence-electron chi connectivity index (χ2n) is 3.49. The molecule has 0 bridgehead atoms. The highest BCUT2D eigenvalue weighted by Gasteiger charge is 2.13. The fraction of sp³-hybridized carbons (Fsp3) is 0.200. The monoisotopic (exact) mass is 302 g/mol. The van der Waals surface area contributed by atoms with Crippen molar-refractivity contribution in [3.05, 3.63) is 34.8 Å².